The Morgan fingerprint density at radius 1 is 0.857 bits per heavy atom. The zero-order valence-electron chi connectivity index (χ0n) is 20.4. The van der Waals surface area contributed by atoms with E-state index in [2.05, 4.69) is 5.32 Å². The van der Waals surface area contributed by atoms with Crippen molar-refractivity contribution in [2.45, 2.75) is 45.7 Å². The Labute approximate surface area is 218 Å². The van der Waals surface area contributed by atoms with Crippen LogP contribution in [0.1, 0.15) is 49.8 Å². The lowest BCUT2D eigenvalue weighted by Gasteiger charge is -2.31. The molecular formula is C29H32Cl2N2O2. The maximum atomic E-state index is 13.8. The fraction of sp³-hybridized carbons (Fsp3) is 0.310. The molecule has 3 rings (SSSR count). The highest BCUT2D eigenvalue weighted by Crippen LogP contribution is 2.30. The summed E-state index contributed by atoms with van der Waals surface area (Å²) in [5.41, 5.74) is 2.84. The molecule has 0 heterocycles. The second kappa shape index (κ2) is 12.8. The topological polar surface area (TPSA) is 49.4 Å². The first kappa shape index (κ1) is 26.8. The molecule has 0 radical (unpaired) electrons. The first-order valence-corrected chi connectivity index (χ1v) is 12.6. The van der Waals surface area contributed by atoms with Crippen molar-refractivity contribution in [3.63, 3.8) is 0 Å². The van der Waals surface area contributed by atoms with E-state index in [1.807, 2.05) is 74.5 Å². The van der Waals surface area contributed by atoms with Gasteiger partial charge in [0.15, 0.2) is 0 Å². The molecule has 0 aromatic heterocycles. The lowest BCUT2D eigenvalue weighted by atomic mass is 9.88. The standard InChI is InChI=1S/C29H32Cl2N2O2/c1-20(2)18-32-29(35)21(3)33(19-24-14-15-25(30)16-27(24)31)28(34)17-26(22-10-6-4-7-11-22)23-12-8-5-9-13-23/h4-16,20-21,26H,17-19H2,1-3H3,(H,32,35)/t21-/m1/s1. The summed E-state index contributed by atoms with van der Waals surface area (Å²) in [4.78, 5) is 28.4. The van der Waals surface area contributed by atoms with Crippen LogP contribution in [0.15, 0.2) is 78.9 Å². The summed E-state index contributed by atoms with van der Waals surface area (Å²) in [6.07, 6.45) is 0.223. The average Bonchev–Trinajstić information content (AvgIpc) is 2.86. The van der Waals surface area contributed by atoms with E-state index >= 15 is 0 Å². The van der Waals surface area contributed by atoms with Gasteiger partial charge in [0.25, 0.3) is 0 Å². The molecule has 35 heavy (non-hydrogen) atoms. The number of amides is 2. The van der Waals surface area contributed by atoms with E-state index < -0.39 is 6.04 Å². The Balaban J connectivity index is 1.92. The highest BCUT2D eigenvalue weighted by atomic mass is 35.5. The normalized spacial score (nSPS) is 12.0. The zero-order valence-corrected chi connectivity index (χ0v) is 21.9. The quantitative estimate of drug-likeness (QED) is 0.329. The molecule has 1 N–H and O–H groups in total. The summed E-state index contributed by atoms with van der Waals surface area (Å²) in [5, 5.41) is 3.94. The Morgan fingerprint density at radius 2 is 1.43 bits per heavy atom. The Bertz CT molecular complexity index is 1080. The van der Waals surface area contributed by atoms with Crippen LogP contribution in [0.25, 0.3) is 0 Å². The van der Waals surface area contributed by atoms with Crippen LogP contribution in [0.5, 0.6) is 0 Å². The number of carbonyl (C=O) groups excluding carboxylic acids is 2. The van der Waals surface area contributed by atoms with Crippen LogP contribution in [0.2, 0.25) is 10.0 Å². The average molecular weight is 511 g/mol. The van der Waals surface area contributed by atoms with E-state index in [1.54, 1.807) is 30.0 Å². The maximum Gasteiger partial charge on any atom is 0.242 e. The molecule has 0 bridgehead atoms. The number of hydrogen-bond acceptors (Lipinski definition) is 2. The van der Waals surface area contributed by atoms with E-state index in [4.69, 9.17) is 23.2 Å². The van der Waals surface area contributed by atoms with Crippen molar-refractivity contribution in [1.29, 1.82) is 0 Å². The number of rotatable bonds is 10. The Kier molecular flexibility index (Phi) is 9.76. The van der Waals surface area contributed by atoms with Gasteiger partial charge in [-0.25, -0.2) is 0 Å². The third kappa shape index (κ3) is 7.58. The number of benzene rings is 3. The molecule has 2 amide bonds. The minimum absolute atomic E-state index is 0.124. The monoisotopic (exact) mass is 510 g/mol. The van der Waals surface area contributed by atoms with Gasteiger partial charge in [-0.05, 0) is 41.7 Å². The van der Waals surface area contributed by atoms with E-state index in [0.717, 1.165) is 16.7 Å². The summed E-state index contributed by atoms with van der Waals surface area (Å²) < 4.78 is 0. The van der Waals surface area contributed by atoms with Crippen molar-refractivity contribution in [3.8, 4) is 0 Å². The van der Waals surface area contributed by atoms with Crippen LogP contribution in [-0.2, 0) is 16.1 Å². The summed E-state index contributed by atoms with van der Waals surface area (Å²) in [6.45, 7) is 6.58. The molecule has 0 saturated carbocycles. The van der Waals surface area contributed by atoms with Crippen LogP contribution in [0.3, 0.4) is 0 Å². The fourth-order valence-corrected chi connectivity index (χ4v) is 4.43. The lowest BCUT2D eigenvalue weighted by molar-refractivity contribution is -0.140. The highest BCUT2D eigenvalue weighted by Gasteiger charge is 2.29. The van der Waals surface area contributed by atoms with Crippen molar-refractivity contribution >= 4 is 35.0 Å². The van der Waals surface area contributed by atoms with E-state index in [-0.39, 0.29) is 30.7 Å². The number of carbonyl (C=O) groups is 2. The van der Waals surface area contributed by atoms with Crippen molar-refractivity contribution in [1.82, 2.24) is 10.2 Å². The van der Waals surface area contributed by atoms with Gasteiger partial charge in [-0.2, -0.15) is 0 Å². The molecule has 3 aromatic carbocycles. The second-order valence-corrected chi connectivity index (χ2v) is 9.99. The molecule has 0 saturated heterocycles. The number of hydrogen-bond donors (Lipinski definition) is 1. The molecule has 184 valence electrons. The predicted molar refractivity (Wildman–Crippen MR) is 144 cm³/mol. The molecule has 0 fully saturated rings. The number of nitrogens with one attached hydrogen (secondary N) is 1. The first-order chi connectivity index (χ1) is 16.8. The van der Waals surface area contributed by atoms with Crippen LogP contribution in [-0.4, -0.2) is 29.3 Å². The van der Waals surface area contributed by atoms with Gasteiger partial charge in [0.1, 0.15) is 6.04 Å². The van der Waals surface area contributed by atoms with Gasteiger partial charge in [0, 0.05) is 35.5 Å². The van der Waals surface area contributed by atoms with Crippen LogP contribution in [0.4, 0.5) is 0 Å². The minimum Gasteiger partial charge on any atom is -0.354 e. The van der Waals surface area contributed by atoms with Crippen molar-refractivity contribution < 1.29 is 9.59 Å². The highest BCUT2D eigenvalue weighted by molar-refractivity contribution is 6.35. The van der Waals surface area contributed by atoms with Crippen molar-refractivity contribution in [2.24, 2.45) is 5.92 Å². The summed E-state index contributed by atoms with van der Waals surface area (Å²) in [5.74, 6) is -0.144. The van der Waals surface area contributed by atoms with E-state index in [0.29, 0.717) is 22.5 Å². The van der Waals surface area contributed by atoms with Crippen LogP contribution in [0, 0.1) is 5.92 Å². The lowest BCUT2D eigenvalue weighted by Crippen LogP contribution is -2.48. The van der Waals surface area contributed by atoms with Crippen LogP contribution >= 0.6 is 23.2 Å². The second-order valence-electron chi connectivity index (χ2n) is 9.15. The van der Waals surface area contributed by atoms with Crippen molar-refractivity contribution in [2.75, 3.05) is 6.54 Å². The molecular weight excluding hydrogens is 479 g/mol. The smallest absolute Gasteiger partial charge is 0.242 e. The first-order valence-electron chi connectivity index (χ1n) is 11.9. The van der Waals surface area contributed by atoms with E-state index in [9.17, 15) is 9.59 Å². The van der Waals surface area contributed by atoms with Crippen molar-refractivity contribution in [3.05, 3.63) is 106 Å². The fourth-order valence-electron chi connectivity index (χ4n) is 3.96. The maximum absolute atomic E-state index is 13.8. The Hall–Kier alpha value is -2.82. The number of nitrogens with zero attached hydrogens (tertiary/aromatic N) is 1. The SMILES string of the molecule is CC(C)CNC(=O)[C@@H](C)N(Cc1ccc(Cl)cc1Cl)C(=O)CC(c1ccccc1)c1ccccc1. The third-order valence-electron chi connectivity index (χ3n) is 5.99. The molecule has 0 aliphatic heterocycles. The summed E-state index contributed by atoms with van der Waals surface area (Å²) in [6, 6.07) is 24.5. The van der Waals surface area contributed by atoms with Gasteiger partial charge in [0.2, 0.25) is 11.8 Å². The van der Waals surface area contributed by atoms with Gasteiger partial charge in [-0.15, -0.1) is 0 Å². The summed E-state index contributed by atoms with van der Waals surface area (Å²) >= 11 is 12.5. The Morgan fingerprint density at radius 3 is 1.94 bits per heavy atom. The molecule has 6 heteroatoms. The minimum atomic E-state index is -0.666. The molecule has 1 atom stereocenters. The largest absolute Gasteiger partial charge is 0.354 e. The van der Waals surface area contributed by atoms with Crippen LogP contribution < -0.4 is 5.32 Å². The molecule has 4 nitrogen and oxygen atoms in total. The summed E-state index contributed by atoms with van der Waals surface area (Å²) in [7, 11) is 0. The van der Waals surface area contributed by atoms with Gasteiger partial charge in [0.05, 0.1) is 0 Å². The van der Waals surface area contributed by atoms with E-state index in [1.165, 1.54) is 0 Å². The molecule has 3 aromatic rings. The molecule has 0 spiro atoms. The van der Waals surface area contributed by atoms with Gasteiger partial charge >= 0.3 is 0 Å². The van der Waals surface area contributed by atoms with Gasteiger partial charge in [-0.3, -0.25) is 9.59 Å². The number of halogens is 2. The zero-order chi connectivity index (χ0) is 25.4. The molecule has 0 aliphatic carbocycles. The molecule has 0 unspecified atom stereocenters. The predicted octanol–water partition coefficient (Wildman–Crippen LogP) is 6.70. The molecule has 0 aliphatic rings. The third-order valence-corrected chi connectivity index (χ3v) is 6.58. The van der Waals surface area contributed by atoms with Gasteiger partial charge < -0.3 is 10.2 Å². The van der Waals surface area contributed by atoms with Gasteiger partial charge in [-0.1, -0.05) is 104 Å².